The van der Waals surface area contributed by atoms with E-state index in [1.54, 1.807) is 0 Å². The Hall–Kier alpha value is -0.580. The van der Waals surface area contributed by atoms with Gasteiger partial charge in [-0.1, -0.05) is 22.9 Å². The molecule has 0 amide bonds. The summed E-state index contributed by atoms with van der Waals surface area (Å²) in [6.45, 7) is 9.38. The Morgan fingerprint density at radius 2 is 1.95 bits per heavy atom. The first kappa shape index (κ1) is 17.5. The molecule has 1 atom stereocenters. The smallest absolute Gasteiger partial charge is 0.125 e. The first-order valence-corrected chi connectivity index (χ1v) is 8.02. The highest BCUT2D eigenvalue weighted by atomic mass is 79.9. The van der Waals surface area contributed by atoms with E-state index in [1.807, 2.05) is 13.8 Å². The van der Waals surface area contributed by atoms with Gasteiger partial charge in [0.05, 0.1) is 12.7 Å². The Bertz CT molecular complexity index is 421. The van der Waals surface area contributed by atoms with Crippen LogP contribution in [-0.4, -0.2) is 25.4 Å². The molecule has 0 bridgehead atoms. The molecule has 0 saturated heterocycles. The van der Waals surface area contributed by atoms with Gasteiger partial charge in [-0.25, -0.2) is 0 Å². The lowest BCUT2D eigenvalue weighted by atomic mass is 10.0. The van der Waals surface area contributed by atoms with Crippen LogP contribution in [0.5, 0.6) is 5.75 Å². The van der Waals surface area contributed by atoms with E-state index in [4.69, 9.17) is 15.2 Å². The van der Waals surface area contributed by atoms with Gasteiger partial charge in [-0.15, -0.1) is 0 Å². The number of rotatable bonds is 8. The van der Waals surface area contributed by atoms with Crippen molar-refractivity contribution in [3.05, 3.63) is 27.7 Å². The topological polar surface area (TPSA) is 44.5 Å². The predicted molar refractivity (Wildman–Crippen MR) is 87.4 cm³/mol. The monoisotopic (exact) mass is 343 g/mol. The van der Waals surface area contributed by atoms with Gasteiger partial charge in [-0.05, 0) is 56.9 Å². The van der Waals surface area contributed by atoms with Crippen LogP contribution in [0.3, 0.4) is 0 Å². The van der Waals surface area contributed by atoms with Crippen LogP contribution in [0.15, 0.2) is 16.6 Å². The zero-order valence-electron chi connectivity index (χ0n) is 12.9. The van der Waals surface area contributed by atoms with Crippen LogP contribution >= 0.6 is 15.9 Å². The Labute approximate surface area is 131 Å². The maximum atomic E-state index is 6.07. The summed E-state index contributed by atoms with van der Waals surface area (Å²) in [5.41, 5.74) is 8.36. The third kappa shape index (κ3) is 5.81. The van der Waals surface area contributed by atoms with Crippen molar-refractivity contribution < 1.29 is 9.47 Å². The molecule has 0 aromatic heterocycles. The molecule has 1 aromatic rings. The van der Waals surface area contributed by atoms with E-state index >= 15 is 0 Å². The number of hydrogen-bond donors (Lipinski definition) is 1. The van der Waals surface area contributed by atoms with Gasteiger partial charge in [0.1, 0.15) is 12.4 Å². The lowest BCUT2D eigenvalue weighted by Gasteiger charge is -2.17. The minimum absolute atomic E-state index is 0.165. The predicted octanol–water partition coefficient (Wildman–Crippen LogP) is 3.84. The molecule has 1 rings (SSSR count). The van der Waals surface area contributed by atoms with E-state index in [2.05, 4.69) is 41.9 Å². The van der Waals surface area contributed by atoms with Crippen molar-refractivity contribution in [2.24, 2.45) is 5.73 Å². The molecule has 0 saturated carbocycles. The maximum Gasteiger partial charge on any atom is 0.125 e. The third-order valence-electron chi connectivity index (χ3n) is 3.10. The van der Waals surface area contributed by atoms with Crippen LogP contribution in [0.4, 0.5) is 0 Å². The first-order chi connectivity index (χ1) is 9.43. The fourth-order valence-corrected chi connectivity index (χ4v) is 2.63. The van der Waals surface area contributed by atoms with Gasteiger partial charge < -0.3 is 15.2 Å². The largest absolute Gasteiger partial charge is 0.491 e. The average Bonchev–Trinajstić information content (AvgIpc) is 2.36. The van der Waals surface area contributed by atoms with Crippen molar-refractivity contribution in [3.63, 3.8) is 0 Å². The Morgan fingerprint density at radius 3 is 2.55 bits per heavy atom. The summed E-state index contributed by atoms with van der Waals surface area (Å²) < 4.78 is 12.5. The number of aryl methyl sites for hydroxylation is 1. The Morgan fingerprint density at radius 1 is 1.25 bits per heavy atom. The summed E-state index contributed by atoms with van der Waals surface area (Å²) in [5.74, 6) is 0.949. The van der Waals surface area contributed by atoms with E-state index in [9.17, 15) is 0 Å². The SMILES string of the molecule is CCC(N)Cc1cc(Br)cc(C)c1OCCOC(C)C. The number of ether oxygens (including phenoxy) is 2. The third-order valence-corrected chi connectivity index (χ3v) is 3.56. The van der Waals surface area contributed by atoms with Gasteiger partial charge in [0.25, 0.3) is 0 Å². The molecule has 0 radical (unpaired) electrons. The molecule has 1 unspecified atom stereocenters. The minimum atomic E-state index is 0.165. The van der Waals surface area contributed by atoms with Crippen LogP contribution in [0.1, 0.15) is 38.3 Å². The van der Waals surface area contributed by atoms with Gasteiger partial charge in [0.2, 0.25) is 0 Å². The van der Waals surface area contributed by atoms with Crippen molar-refractivity contribution in [1.82, 2.24) is 0 Å². The maximum absolute atomic E-state index is 6.07. The van der Waals surface area contributed by atoms with E-state index in [0.29, 0.717) is 13.2 Å². The summed E-state index contributed by atoms with van der Waals surface area (Å²) in [6, 6.07) is 4.33. The van der Waals surface area contributed by atoms with Crippen molar-refractivity contribution in [3.8, 4) is 5.75 Å². The van der Waals surface area contributed by atoms with Gasteiger partial charge in [-0.3, -0.25) is 0 Å². The quantitative estimate of drug-likeness (QED) is 0.729. The molecule has 0 spiro atoms. The summed E-state index contributed by atoms with van der Waals surface area (Å²) in [7, 11) is 0. The lowest BCUT2D eigenvalue weighted by Crippen LogP contribution is -2.22. The molecule has 20 heavy (non-hydrogen) atoms. The van der Waals surface area contributed by atoms with Crippen LogP contribution in [0.25, 0.3) is 0 Å². The summed E-state index contributed by atoms with van der Waals surface area (Å²) in [4.78, 5) is 0. The molecule has 0 aliphatic carbocycles. The fourth-order valence-electron chi connectivity index (χ4n) is 2.01. The molecule has 0 heterocycles. The summed E-state index contributed by atoms with van der Waals surface area (Å²) in [5, 5.41) is 0. The molecule has 114 valence electrons. The van der Waals surface area contributed by atoms with E-state index in [0.717, 1.165) is 34.2 Å². The second kappa shape index (κ2) is 8.65. The van der Waals surface area contributed by atoms with E-state index < -0.39 is 0 Å². The number of nitrogens with two attached hydrogens (primary N) is 1. The molecule has 4 heteroatoms. The van der Waals surface area contributed by atoms with Crippen LogP contribution < -0.4 is 10.5 Å². The standard InChI is InChI=1S/C16H26BrNO2/c1-5-15(18)10-13-9-14(17)8-12(4)16(13)20-7-6-19-11(2)3/h8-9,11,15H,5-7,10,18H2,1-4H3. The zero-order chi connectivity index (χ0) is 15.1. The molecule has 0 aliphatic heterocycles. The molecule has 0 aliphatic rings. The number of hydrogen-bond acceptors (Lipinski definition) is 3. The molecule has 2 N–H and O–H groups in total. The highest BCUT2D eigenvalue weighted by Crippen LogP contribution is 2.29. The van der Waals surface area contributed by atoms with Crippen molar-refractivity contribution in [2.45, 2.75) is 52.7 Å². The van der Waals surface area contributed by atoms with Gasteiger partial charge >= 0.3 is 0 Å². The second-order valence-corrected chi connectivity index (χ2v) is 6.27. The van der Waals surface area contributed by atoms with Crippen molar-refractivity contribution in [1.29, 1.82) is 0 Å². The summed E-state index contributed by atoms with van der Waals surface area (Å²) in [6.07, 6.45) is 2.02. The van der Waals surface area contributed by atoms with E-state index in [-0.39, 0.29) is 12.1 Å². The molecule has 1 aromatic carbocycles. The highest BCUT2D eigenvalue weighted by Gasteiger charge is 2.12. The normalized spacial score (nSPS) is 12.8. The molecule has 0 fully saturated rings. The Balaban J connectivity index is 2.76. The van der Waals surface area contributed by atoms with Crippen LogP contribution in [-0.2, 0) is 11.2 Å². The van der Waals surface area contributed by atoms with E-state index in [1.165, 1.54) is 0 Å². The van der Waals surface area contributed by atoms with Crippen LogP contribution in [0, 0.1) is 6.92 Å². The van der Waals surface area contributed by atoms with Crippen molar-refractivity contribution in [2.75, 3.05) is 13.2 Å². The van der Waals surface area contributed by atoms with Gasteiger partial charge in [0, 0.05) is 10.5 Å². The first-order valence-electron chi connectivity index (χ1n) is 7.23. The minimum Gasteiger partial charge on any atom is -0.491 e. The summed E-state index contributed by atoms with van der Waals surface area (Å²) >= 11 is 3.54. The average molecular weight is 344 g/mol. The lowest BCUT2D eigenvalue weighted by molar-refractivity contribution is 0.0549. The number of halogens is 1. The number of benzene rings is 1. The van der Waals surface area contributed by atoms with Crippen LogP contribution in [0.2, 0.25) is 0 Å². The molecular formula is C16H26BrNO2. The van der Waals surface area contributed by atoms with Crippen molar-refractivity contribution >= 4 is 15.9 Å². The molecule has 3 nitrogen and oxygen atoms in total. The Kier molecular flexibility index (Phi) is 7.56. The molecular weight excluding hydrogens is 318 g/mol. The second-order valence-electron chi connectivity index (χ2n) is 5.35. The van der Waals surface area contributed by atoms with Gasteiger partial charge in [0.15, 0.2) is 0 Å². The highest BCUT2D eigenvalue weighted by molar-refractivity contribution is 9.10. The zero-order valence-corrected chi connectivity index (χ0v) is 14.5. The fraction of sp³-hybridized carbons (Fsp3) is 0.625. The van der Waals surface area contributed by atoms with Gasteiger partial charge in [-0.2, -0.15) is 0 Å².